The minimum atomic E-state index is -0.111. The number of hydrogen-bond acceptors (Lipinski definition) is 4. The van der Waals surface area contributed by atoms with Crippen LogP contribution in [0.5, 0.6) is 0 Å². The van der Waals surface area contributed by atoms with Crippen molar-refractivity contribution < 1.29 is 4.79 Å². The van der Waals surface area contributed by atoms with Crippen LogP contribution in [0.2, 0.25) is 0 Å². The van der Waals surface area contributed by atoms with Gasteiger partial charge in [0.1, 0.15) is 5.51 Å². The van der Waals surface area contributed by atoms with Gasteiger partial charge < -0.3 is 5.32 Å². The fraction of sp³-hybridized carbons (Fsp3) is 0.800. The maximum atomic E-state index is 12.3. The number of nitrogens with one attached hydrogen (secondary N) is 2. The first kappa shape index (κ1) is 13.5. The Hall–Kier alpha value is -1.17. The lowest BCUT2D eigenvalue weighted by molar-refractivity contribution is -0.0779. The van der Waals surface area contributed by atoms with E-state index in [0.29, 0.717) is 10.5 Å². The second-order valence-electron chi connectivity index (χ2n) is 7.42. The van der Waals surface area contributed by atoms with Crippen molar-refractivity contribution in [2.45, 2.75) is 57.4 Å². The highest BCUT2D eigenvalue weighted by Crippen LogP contribution is 2.62. The molecule has 4 aliphatic rings. The standard InChI is InChI=1S/C15H22N4OS/c1-2-14-4-10-3-11(5-14)7-15(6-10,8-14)18-12(20)17-13-19-16-9-21-13/h9-11H,2-8H2,1H3,(H2,17,18,19,20)/t10-,11+,14?,15?. The number of carbonyl (C=O) groups excluding carboxylic acids is 1. The molecule has 4 aliphatic carbocycles. The molecule has 4 bridgehead atoms. The maximum absolute atomic E-state index is 12.3. The Morgan fingerprint density at radius 3 is 2.76 bits per heavy atom. The van der Waals surface area contributed by atoms with Gasteiger partial charge >= 0.3 is 6.03 Å². The van der Waals surface area contributed by atoms with Crippen LogP contribution in [0.25, 0.3) is 0 Å². The van der Waals surface area contributed by atoms with E-state index in [9.17, 15) is 4.79 Å². The fourth-order valence-corrected chi connectivity index (χ4v) is 6.05. The van der Waals surface area contributed by atoms with Crippen LogP contribution in [0.3, 0.4) is 0 Å². The molecule has 1 aromatic rings. The first-order valence-corrected chi connectivity index (χ1v) is 8.84. The van der Waals surface area contributed by atoms with Crippen LogP contribution >= 0.6 is 11.3 Å². The van der Waals surface area contributed by atoms with Gasteiger partial charge in [-0.05, 0) is 55.8 Å². The summed E-state index contributed by atoms with van der Waals surface area (Å²) in [6.07, 6.45) is 8.87. The molecule has 0 saturated heterocycles. The molecule has 4 fully saturated rings. The minimum absolute atomic E-state index is 0.0227. The van der Waals surface area contributed by atoms with Gasteiger partial charge in [-0.3, -0.25) is 5.32 Å². The van der Waals surface area contributed by atoms with Crippen molar-refractivity contribution in [3.8, 4) is 0 Å². The van der Waals surface area contributed by atoms with E-state index in [-0.39, 0.29) is 11.6 Å². The van der Waals surface area contributed by atoms with E-state index >= 15 is 0 Å². The average molecular weight is 306 g/mol. The maximum Gasteiger partial charge on any atom is 0.321 e. The molecule has 2 unspecified atom stereocenters. The van der Waals surface area contributed by atoms with Crippen LogP contribution in [0.15, 0.2) is 5.51 Å². The molecular formula is C15H22N4OS. The van der Waals surface area contributed by atoms with Crippen LogP contribution in [-0.2, 0) is 0 Å². The normalized spacial score (nSPS) is 40.2. The summed E-state index contributed by atoms with van der Waals surface area (Å²) in [5.74, 6) is 1.63. The number of anilines is 1. The van der Waals surface area contributed by atoms with Crippen LogP contribution in [-0.4, -0.2) is 21.8 Å². The Morgan fingerprint density at radius 1 is 1.38 bits per heavy atom. The summed E-state index contributed by atoms with van der Waals surface area (Å²) in [6.45, 7) is 2.32. The smallest absolute Gasteiger partial charge is 0.321 e. The van der Waals surface area contributed by atoms with Crippen LogP contribution in [0.1, 0.15) is 51.9 Å². The largest absolute Gasteiger partial charge is 0.332 e. The van der Waals surface area contributed by atoms with Crippen LogP contribution < -0.4 is 10.6 Å². The Labute approximate surface area is 128 Å². The number of rotatable bonds is 3. The molecule has 6 heteroatoms. The summed E-state index contributed by atoms with van der Waals surface area (Å²) in [4.78, 5) is 12.3. The third-order valence-electron chi connectivity index (χ3n) is 5.89. The monoisotopic (exact) mass is 306 g/mol. The topological polar surface area (TPSA) is 66.9 Å². The Morgan fingerprint density at radius 2 is 2.14 bits per heavy atom. The lowest BCUT2D eigenvalue weighted by Crippen LogP contribution is -2.63. The fourth-order valence-electron chi connectivity index (χ4n) is 5.61. The van der Waals surface area contributed by atoms with Crippen molar-refractivity contribution in [3.05, 3.63) is 5.51 Å². The highest BCUT2D eigenvalue weighted by atomic mass is 32.1. The molecule has 4 atom stereocenters. The molecule has 1 aromatic heterocycles. The first-order valence-electron chi connectivity index (χ1n) is 7.96. The molecule has 0 spiro atoms. The predicted octanol–water partition coefficient (Wildman–Crippen LogP) is 3.41. The molecule has 4 saturated carbocycles. The molecule has 5 nitrogen and oxygen atoms in total. The van der Waals surface area contributed by atoms with E-state index in [4.69, 9.17) is 0 Å². The SMILES string of the molecule is CCC12C[C@H]3C[C@@H](C1)CC(NC(=O)Nc1nncs1)(C3)C2. The van der Waals surface area contributed by atoms with Gasteiger partial charge in [0.2, 0.25) is 5.13 Å². The summed E-state index contributed by atoms with van der Waals surface area (Å²) >= 11 is 1.35. The summed E-state index contributed by atoms with van der Waals surface area (Å²) < 4.78 is 0. The van der Waals surface area contributed by atoms with Gasteiger partial charge in [-0.25, -0.2) is 4.79 Å². The number of urea groups is 1. The van der Waals surface area contributed by atoms with Gasteiger partial charge in [-0.1, -0.05) is 24.7 Å². The number of nitrogens with zero attached hydrogens (tertiary/aromatic N) is 2. The molecular weight excluding hydrogens is 284 g/mol. The molecule has 1 heterocycles. The van der Waals surface area contributed by atoms with Gasteiger partial charge in [0.25, 0.3) is 0 Å². The van der Waals surface area contributed by atoms with E-state index in [0.717, 1.165) is 31.1 Å². The van der Waals surface area contributed by atoms with Crippen LogP contribution in [0, 0.1) is 17.3 Å². The van der Waals surface area contributed by atoms with E-state index in [2.05, 4.69) is 27.8 Å². The quantitative estimate of drug-likeness (QED) is 0.899. The number of hydrogen-bond donors (Lipinski definition) is 2. The van der Waals surface area contributed by atoms with E-state index < -0.39 is 0 Å². The average Bonchev–Trinajstić information content (AvgIpc) is 2.89. The van der Waals surface area contributed by atoms with E-state index in [1.54, 1.807) is 5.51 Å². The van der Waals surface area contributed by atoms with Crippen molar-refractivity contribution >= 4 is 22.5 Å². The predicted molar refractivity (Wildman–Crippen MR) is 82.2 cm³/mol. The first-order chi connectivity index (χ1) is 10.1. The molecule has 0 radical (unpaired) electrons. The molecule has 5 rings (SSSR count). The molecule has 21 heavy (non-hydrogen) atoms. The third kappa shape index (κ3) is 2.33. The van der Waals surface area contributed by atoms with Gasteiger partial charge in [0.15, 0.2) is 0 Å². The Balaban J connectivity index is 1.50. The van der Waals surface area contributed by atoms with Gasteiger partial charge in [-0.15, -0.1) is 10.2 Å². The highest BCUT2D eigenvalue weighted by molar-refractivity contribution is 7.13. The number of carbonyl (C=O) groups is 1. The Kier molecular flexibility index (Phi) is 3.00. The highest BCUT2D eigenvalue weighted by Gasteiger charge is 2.57. The molecule has 2 N–H and O–H groups in total. The van der Waals surface area contributed by atoms with Crippen molar-refractivity contribution in [1.82, 2.24) is 15.5 Å². The van der Waals surface area contributed by atoms with Crippen molar-refractivity contribution in [2.24, 2.45) is 17.3 Å². The second-order valence-corrected chi connectivity index (χ2v) is 8.25. The molecule has 0 aliphatic heterocycles. The van der Waals surface area contributed by atoms with E-state index in [1.165, 1.54) is 37.0 Å². The molecule has 114 valence electrons. The number of aromatic nitrogens is 2. The zero-order chi connectivity index (χ0) is 14.5. The zero-order valence-electron chi connectivity index (χ0n) is 12.4. The summed E-state index contributed by atoms with van der Waals surface area (Å²) in [5, 5.41) is 14.3. The molecule has 2 amide bonds. The van der Waals surface area contributed by atoms with Crippen molar-refractivity contribution in [3.63, 3.8) is 0 Å². The summed E-state index contributed by atoms with van der Waals surface area (Å²) in [6, 6.07) is -0.111. The summed E-state index contributed by atoms with van der Waals surface area (Å²) in [7, 11) is 0. The lowest BCUT2D eigenvalue weighted by Gasteiger charge is -2.62. The summed E-state index contributed by atoms with van der Waals surface area (Å²) in [5.41, 5.74) is 2.14. The van der Waals surface area contributed by atoms with Crippen molar-refractivity contribution in [2.75, 3.05) is 5.32 Å². The second kappa shape index (κ2) is 4.66. The molecule has 0 aromatic carbocycles. The van der Waals surface area contributed by atoms with Crippen LogP contribution in [0.4, 0.5) is 9.93 Å². The minimum Gasteiger partial charge on any atom is -0.332 e. The Bertz CT molecular complexity index is 530. The van der Waals surface area contributed by atoms with Gasteiger partial charge in [-0.2, -0.15) is 0 Å². The van der Waals surface area contributed by atoms with Gasteiger partial charge in [0.05, 0.1) is 0 Å². The number of amides is 2. The van der Waals surface area contributed by atoms with E-state index in [1.807, 2.05) is 0 Å². The van der Waals surface area contributed by atoms with Crippen molar-refractivity contribution in [1.29, 1.82) is 0 Å². The van der Waals surface area contributed by atoms with Gasteiger partial charge in [0, 0.05) is 5.54 Å². The lowest BCUT2D eigenvalue weighted by atomic mass is 9.46. The third-order valence-corrected chi connectivity index (χ3v) is 6.50. The zero-order valence-corrected chi connectivity index (χ0v) is 13.2.